The summed E-state index contributed by atoms with van der Waals surface area (Å²) in [5, 5.41) is 14.7. The van der Waals surface area contributed by atoms with E-state index in [1.165, 1.54) is 0 Å². The number of rotatable bonds is 6. The lowest BCUT2D eigenvalue weighted by atomic mass is 10.1. The van der Waals surface area contributed by atoms with Gasteiger partial charge >= 0.3 is 12.1 Å². The average molecular weight is 341 g/mol. The molecule has 1 amide bonds. The number of amides is 1. The van der Waals surface area contributed by atoms with Gasteiger partial charge in [0.1, 0.15) is 6.04 Å². The molecule has 1 atom stereocenters. The Morgan fingerprint density at radius 1 is 1.25 bits per heavy atom. The van der Waals surface area contributed by atoms with Gasteiger partial charge in [0, 0.05) is 12.4 Å². The number of carboxylic acid groups (broad SMARTS) is 1. The third-order valence-electron chi connectivity index (χ3n) is 3.14. The van der Waals surface area contributed by atoms with Crippen LogP contribution < -0.4 is 5.32 Å². The maximum absolute atomic E-state index is 12.3. The molecule has 128 valence electrons. The highest BCUT2D eigenvalue weighted by atomic mass is 19.4. The first-order chi connectivity index (χ1) is 11.2. The zero-order valence-corrected chi connectivity index (χ0v) is 12.3. The Morgan fingerprint density at radius 3 is 2.42 bits per heavy atom. The van der Waals surface area contributed by atoms with Crippen LogP contribution in [0.3, 0.4) is 0 Å². The van der Waals surface area contributed by atoms with Crippen molar-refractivity contribution in [3.8, 4) is 5.69 Å². The summed E-state index contributed by atoms with van der Waals surface area (Å²) in [4.78, 5) is 22.6. The number of nitrogens with zero attached hydrogens (tertiary/aromatic N) is 2. The van der Waals surface area contributed by atoms with Crippen molar-refractivity contribution in [2.24, 2.45) is 0 Å². The third kappa shape index (κ3) is 5.11. The second-order valence-electron chi connectivity index (χ2n) is 5.07. The van der Waals surface area contributed by atoms with E-state index in [0.717, 1.165) is 5.69 Å². The van der Waals surface area contributed by atoms with Crippen molar-refractivity contribution in [3.63, 3.8) is 0 Å². The van der Waals surface area contributed by atoms with E-state index < -0.39 is 30.5 Å². The highest BCUT2D eigenvalue weighted by Crippen LogP contribution is 2.21. The van der Waals surface area contributed by atoms with Crippen LogP contribution in [0.5, 0.6) is 0 Å². The lowest BCUT2D eigenvalue weighted by Crippen LogP contribution is -2.44. The first-order valence-corrected chi connectivity index (χ1v) is 6.92. The Bertz CT molecular complexity index is 697. The molecule has 0 aliphatic rings. The van der Waals surface area contributed by atoms with Crippen LogP contribution in [-0.2, 0) is 16.0 Å². The molecule has 6 nitrogen and oxygen atoms in total. The van der Waals surface area contributed by atoms with Gasteiger partial charge in [0.05, 0.1) is 18.5 Å². The number of hydrogen-bond donors (Lipinski definition) is 2. The molecule has 1 heterocycles. The first kappa shape index (κ1) is 17.5. The van der Waals surface area contributed by atoms with Gasteiger partial charge in [-0.3, -0.25) is 4.79 Å². The molecular weight excluding hydrogens is 327 g/mol. The minimum atomic E-state index is -4.68. The van der Waals surface area contributed by atoms with Gasteiger partial charge in [-0.25, -0.2) is 9.48 Å². The van der Waals surface area contributed by atoms with E-state index >= 15 is 0 Å². The second-order valence-corrected chi connectivity index (χ2v) is 5.07. The molecule has 0 aliphatic carbocycles. The molecule has 0 spiro atoms. The topological polar surface area (TPSA) is 84.2 Å². The molecule has 24 heavy (non-hydrogen) atoms. The number of halogens is 3. The van der Waals surface area contributed by atoms with Crippen LogP contribution in [-0.4, -0.2) is 39.0 Å². The SMILES string of the molecule is O=C(Cc1ccc(-n2cccn2)cc1)NC(CC(F)(F)F)C(=O)O. The largest absolute Gasteiger partial charge is 0.480 e. The lowest BCUT2D eigenvalue weighted by molar-refractivity contribution is -0.159. The fourth-order valence-corrected chi connectivity index (χ4v) is 2.05. The van der Waals surface area contributed by atoms with E-state index in [9.17, 15) is 22.8 Å². The van der Waals surface area contributed by atoms with E-state index in [1.807, 2.05) is 5.32 Å². The summed E-state index contributed by atoms with van der Waals surface area (Å²) in [5.74, 6) is -2.52. The van der Waals surface area contributed by atoms with Gasteiger partial charge in [0.15, 0.2) is 0 Å². The van der Waals surface area contributed by atoms with Crippen molar-refractivity contribution in [2.45, 2.75) is 25.1 Å². The summed E-state index contributed by atoms with van der Waals surface area (Å²) in [7, 11) is 0. The molecule has 1 aromatic heterocycles. The fraction of sp³-hybridized carbons (Fsp3) is 0.267. The first-order valence-electron chi connectivity index (χ1n) is 6.92. The Balaban J connectivity index is 1.97. The van der Waals surface area contributed by atoms with Crippen molar-refractivity contribution in [1.29, 1.82) is 0 Å². The van der Waals surface area contributed by atoms with Gasteiger partial charge in [-0.2, -0.15) is 18.3 Å². The van der Waals surface area contributed by atoms with Gasteiger partial charge in [-0.1, -0.05) is 12.1 Å². The van der Waals surface area contributed by atoms with Crippen LogP contribution in [0, 0.1) is 0 Å². The van der Waals surface area contributed by atoms with Crippen LogP contribution in [0.15, 0.2) is 42.7 Å². The number of aromatic nitrogens is 2. The van der Waals surface area contributed by atoms with E-state index in [-0.39, 0.29) is 6.42 Å². The number of carbonyl (C=O) groups is 2. The lowest BCUT2D eigenvalue weighted by Gasteiger charge is -2.16. The van der Waals surface area contributed by atoms with Crippen molar-refractivity contribution >= 4 is 11.9 Å². The Kier molecular flexibility index (Phi) is 5.22. The fourth-order valence-electron chi connectivity index (χ4n) is 2.05. The molecule has 0 saturated heterocycles. The molecule has 0 bridgehead atoms. The molecule has 0 aliphatic heterocycles. The van der Waals surface area contributed by atoms with Crippen molar-refractivity contribution in [1.82, 2.24) is 15.1 Å². The number of benzene rings is 1. The predicted molar refractivity (Wildman–Crippen MR) is 77.5 cm³/mol. The molecular formula is C15H14F3N3O3. The quantitative estimate of drug-likeness (QED) is 0.841. The Morgan fingerprint density at radius 2 is 1.92 bits per heavy atom. The normalized spacial score (nSPS) is 12.6. The summed E-state index contributed by atoms with van der Waals surface area (Å²) in [5.41, 5.74) is 1.30. The summed E-state index contributed by atoms with van der Waals surface area (Å²) in [6, 6.07) is 6.38. The van der Waals surface area contributed by atoms with Crippen LogP contribution in [0.2, 0.25) is 0 Å². The highest BCUT2D eigenvalue weighted by molar-refractivity contribution is 5.84. The monoisotopic (exact) mass is 341 g/mol. The molecule has 9 heteroatoms. The summed E-state index contributed by atoms with van der Waals surface area (Å²) in [6.07, 6.45) is -3.18. The summed E-state index contributed by atoms with van der Waals surface area (Å²) in [6.45, 7) is 0. The van der Waals surface area contributed by atoms with Gasteiger partial charge in [0.2, 0.25) is 5.91 Å². The molecule has 2 N–H and O–H groups in total. The zero-order chi connectivity index (χ0) is 17.7. The number of alkyl halides is 3. The van der Waals surface area contributed by atoms with Crippen LogP contribution in [0.25, 0.3) is 5.69 Å². The number of carboxylic acids is 1. The predicted octanol–water partition coefficient (Wildman–Crippen LogP) is 1.94. The van der Waals surface area contributed by atoms with E-state index in [2.05, 4.69) is 5.10 Å². The van der Waals surface area contributed by atoms with Gasteiger partial charge in [0.25, 0.3) is 0 Å². The van der Waals surface area contributed by atoms with Crippen molar-refractivity contribution in [3.05, 3.63) is 48.3 Å². The zero-order valence-electron chi connectivity index (χ0n) is 12.3. The molecule has 0 radical (unpaired) electrons. The molecule has 2 aromatic rings. The standard InChI is InChI=1S/C15H14F3N3O3/c16-15(17,18)9-12(14(23)24)20-13(22)8-10-2-4-11(5-3-10)21-7-1-6-19-21/h1-7,12H,8-9H2,(H,20,22)(H,23,24). The summed E-state index contributed by atoms with van der Waals surface area (Å²) >= 11 is 0. The maximum Gasteiger partial charge on any atom is 0.391 e. The highest BCUT2D eigenvalue weighted by Gasteiger charge is 2.36. The van der Waals surface area contributed by atoms with Crippen molar-refractivity contribution in [2.75, 3.05) is 0 Å². The number of aliphatic carboxylic acids is 1. The van der Waals surface area contributed by atoms with Crippen LogP contribution in [0.4, 0.5) is 13.2 Å². The van der Waals surface area contributed by atoms with Crippen LogP contribution in [0.1, 0.15) is 12.0 Å². The van der Waals surface area contributed by atoms with Crippen molar-refractivity contribution < 1.29 is 27.9 Å². The molecule has 0 saturated carbocycles. The molecule has 1 unspecified atom stereocenters. The minimum Gasteiger partial charge on any atom is -0.480 e. The third-order valence-corrected chi connectivity index (χ3v) is 3.14. The van der Waals surface area contributed by atoms with E-state index in [4.69, 9.17) is 5.11 Å². The smallest absolute Gasteiger partial charge is 0.391 e. The minimum absolute atomic E-state index is 0.221. The van der Waals surface area contributed by atoms with E-state index in [1.54, 1.807) is 47.4 Å². The summed E-state index contributed by atoms with van der Waals surface area (Å²) < 4.78 is 38.5. The number of nitrogens with one attached hydrogen (secondary N) is 1. The Hall–Kier alpha value is -2.84. The number of hydrogen-bond acceptors (Lipinski definition) is 3. The molecule has 2 rings (SSSR count). The van der Waals surface area contributed by atoms with E-state index in [0.29, 0.717) is 5.56 Å². The number of carbonyl (C=O) groups excluding carboxylic acids is 1. The van der Waals surface area contributed by atoms with Gasteiger partial charge in [-0.15, -0.1) is 0 Å². The van der Waals surface area contributed by atoms with Gasteiger partial charge < -0.3 is 10.4 Å². The van der Waals surface area contributed by atoms with Gasteiger partial charge in [-0.05, 0) is 23.8 Å². The molecule has 0 fully saturated rings. The van der Waals surface area contributed by atoms with Crippen LogP contribution >= 0.6 is 0 Å². The Labute approximate surface area is 134 Å². The second kappa shape index (κ2) is 7.16. The average Bonchev–Trinajstić information content (AvgIpc) is 3.00. The molecule has 1 aromatic carbocycles. The maximum atomic E-state index is 12.3.